The highest BCUT2D eigenvalue weighted by Gasteiger charge is 2.25. The molecule has 2 aromatic rings. The monoisotopic (exact) mass is 274 g/mol. The zero-order valence-corrected chi connectivity index (χ0v) is 12.3. The maximum absolute atomic E-state index is 5.28. The number of rotatable bonds is 2. The molecule has 0 N–H and O–H groups in total. The molecule has 0 spiro atoms. The normalized spacial score (nSPS) is 18.5. The molecule has 1 aliphatic heterocycles. The van der Waals surface area contributed by atoms with Crippen LogP contribution in [0.15, 0.2) is 33.7 Å². The van der Waals surface area contributed by atoms with Gasteiger partial charge in [0.15, 0.2) is 0 Å². The van der Waals surface area contributed by atoms with Crippen LogP contribution in [0.1, 0.15) is 23.9 Å². The third kappa shape index (κ3) is 2.25. The minimum atomic E-state index is 0.522. The Morgan fingerprint density at radius 3 is 2.89 bits per heavy atom. The van der Waals surface area contributed by atoms with Gasteiger partial charge in [-0.3, -0.25) is 0 Å². The molecule has 1 aromatic heterocycles. The molecule has 0 amide bonds. The molecule has 3 rings (SSSR count). The van der Waals surface area contributed by atoms with E-state index in [9.17, 15) is 0 Å². The number of thioether (sulfide) groups is 1. The Kier molecular flexibility index (Phi) is 3.27. The molecular formula is C15H18N2OS. The van der Waals surface area contributed by atoms with E-state index in [2.05, 4.69) is 41.2 Å². The molecule has 0 saturated carbocycles. The Hall–Kier alpha value is -1.42. The van der Waals surface area contributed by atoms with Crippen LogP contribution in [0.25, 0.3) is 0 Å². The van der Waals surface area contributed by atoms with Gasteiger partial charge in [-0.25, -0.2) is 0 Å². The maximum Gasteiger partial charge on any atom is 0.138 e. The lowest BCUT2D eigenvalue weighted by atomic mass is 10.1. The standard InChI is InChI=1S/C15H18N2OS/c1-10-9-19-15-7-5-4-6-14(15)17(10)8-13-11(2)16-18-12(13)3/h4-7,10H,8-9H2,1-3H3. The van der Waals surface area contributed by atoms with Crippen molar-refractivity contribution in [3.8, 4) is 0 Å². The molecule has 2 heterocycles. The van der Waals surface area contributed by atoms with Crippen molar-refractivity contribution in [2.75, 3.05) is 10.7 Å². The van der Waals surface area contributed by atoms with Crippen molar-refractivity contribution in [1.82, 2.24) is 5.16 Å². The van der Waals surface area contributed by atoms with E-state index in [1.54, 1.807) is 0 Å². The number of para-hydroxylation sites is 1. The number of aromatic nitrogens is 1. The summed E-state index contributed by atoms with van der Waals surface area (Å²) in [4.78, 5) is 3.82. The van der Waals surface area contributed by atoms with E-state index < -0.39 is 0 Å². The average molecular weight is 274 g/mol. The molecule has 0 fully saturated rings. The summed E-state index contributed by atoms with van der Waals surface area (Å²) in [6.07, 6.45) is 0. The summed E-state index contributed by atoms with van der Waals surface area (Å²) in [5.74, 6) is 2.06. The number of fused-ring (bicyclic) bond motifs is 1. The van der Waals surface area contributed by atoms with Gasteiger partial charge in [-0.1, -0.05) is 17.3 Å². The van der Waals surface area contributed by atoms with Crippen LogP contribution in [0, 0.1) is 13.8 Å². The van der Waals surface area contributed by atoms with Gasteiger partial charge >= 0.3 is 0 Å². The molecule has 0 bridgehead atoms. The zero-order chi connectivity index (χ0) is 13.4. The van der Waals surface area contributed by atoms with Gasteiger partial charge in [0.05, 0.1) is 11.4 Å². The quantitative estimate of drug-likeness (QED) is 0.833. The molecule has 1 aliphatic rings. The fourth-order valence-corrected chi connectivity index (χ4v) is 3.60. The van der Waals surface area contributed by atoms with E-state index in [1.807, 2.05) is 25.6 Å². The lowest BCUT2D eigenvalue weighted by Crippen LogP contribution is -2.37. The van der Waals surface area contributed by atoms with Crippen molar-refractivity contribution in [2.24, 2.45) is 0 Å². The highest BCUT2D eigenvalue weighted by molar-refractivity contribution is 7.99. The first-order chi connectivity index (χ1) is 9.16. The summed E-state index contributed by atoms with van der Waals surface area (Å²) in [5.41, 5.74) is 3.54. The lowest BCUT2D eigenvalue weighted by molar-refractivity contribution is 0.392. The van der Waals surface area contributed by atoms with Crippen molar-refractivity contribution < 1.29 is 4.52 Å². The van der Waals surface area contributed by atoms with Crippen LogP contribution in [0.3, 0.4) is 0 Å². The van der Waals surface area contributed by atoms with E-state index in [-0.39, 0.29) is 0 Å². The molecule has 0 radical (unpaired) electrons. The van der Waals surface area contributed by atoms with Gasteiger partial charge in [0.1, 0.15) is 5.76 Å². The summed E-state index contributed by atoms with van der Waals surface area (Å²) in [6, 6.07) is 9.14. The van der Waals surface area contributed by atoms with Gasteiger partial charge in [-0.15, -0.1) is 11.8 Å². The topological polar surface area (TPSA) is 29.3 Å². The summed E-state index contributed by atoms with van der Waals surface area (Å²) in [6.45, 7) is 7.16. The van der Waals surface area contributed by atoms with E-state index in [0.717, 1.165) is 23.8 Å². The SMILES string of the molecule is Cc1noc(C)c1CN1c2ccccc2SCC1C. The van der Waals surface area contributed by atoms with Gasteiger partial charge in [0, 0.05) is 28.8 Å². The Balaban J connectivity index is 1.96. The first-order valence-electron chi connectivity index (χ1n) is 6.57. The third-order valence-electron chi connectivity index (χ3n) is 3.70. The van der Waals surface area contributed by atoms with Crippen molar-refractivity contribution >= 4 is 17.4 Å². The summed E-state index contributed by atoms with van der Waals surface area (Å²) >= 11 is 1.94. The van der Waals surface area contributed by atoms with Crippen LogP contribution >= 0.6 is 11.8 Å². The second-order valence-corrected chi connectivity index (χ2v) is 6.12. The fourth-order valence-electron chi connectivity index (χ4n) is 2.49. The van der Waals surface area contributed by atoms with Gasteiger partial charge in [-0.05, 0) is 32.9 Å². The number of hydrogen-bond donors (Lipinski definition) is 0. The summed E-state index contributed by atoms with van der Waals surface area (Å²) in [7, 11) is 0. The minimum Gasteiger partial charge on any atom is -0.363 e. The van der Waals surface area contributed by atoms with Crippen LogP contribution in [0.4, 0.5) is 5.69 Å². The van der Waals surface area contributed by atoms with E-state index in [4.69, 9.17) is 4.52 Å². The molecule has 1 aromatic carbocycles. The molecule has 19 heavy (non-hydrogen) atoms. The number of aryl methyl sites for hydroxylation is 2. The van der Waals surface area contributed by atoms with Crippen molar-refractivity contribution in [1.29, 1.82) is 0 Å². The maximum atomic E-state index is 5.28. The Bertz CT molecular complexity index is 574. The first kappa shape index (κ1) is 12.6. The predicted octanol–water partition coefficient (Wildman–Crippen LogP) is 3.79. The molecule has 0 aliphatic carbocycles. The van der Waals surface area contributed by atoms with Crippen LogP contribution in [0.2, 0.25) is 0 Å². The molecule has 1 unspecified atom stereocenters. The Labute approximate surface area is 118 Å². The molecule has 4 heteroatoms. The van der Waals surface area contributed by atoms with Crippen LogP contribution in [-0.4, -0.2) is 17.0 Å². The van der Waals surface area contributed by atoms with Crippen LogP contribution < -0.4 is 4.90 Å². The molecular weight excluding hydrogens is 256 g/mol. The van der Waals surface area contributed by atoms with Crippen molar-refractivity contribution in [3.63, 3.8) is 0 Å². The lowest BCUT2D eigenvalue weighted by Gasteiger charge is -2.36. The molecule has 1 atom stereocenters. The van der Waals surface area contributed by atoms with Crippen molar-refractivity contribution in [2.45, 2.75) is 38.3 Å². The summed E-state index contributed by atoms with van der Waals surface area (Å²) in [5, 5.41) is 4.06. The van der Waals surface area contributed by atoms with E-state index >= 15 is 0 Å². The number of hydrogen-bond acceptors (Lipinski definition) is 4. The number of benzene rings is 1. The largest absolute Gasteiger partial charge is 0.363 e. The van der Waals surface area contributed by atoms with Crippen molar-refractivity contribution in [3.05, 3.63) is 41.3 Å². The van der Waals surface area contributed by atoms with Crippen LogP contribution in [-0.2, 0) is 6.54 Å². The zero-order valence-electron chi connectivity index (χ0n) is 11.5. The van der Waals surface area contributed by atoms with E-state index in [1.165, 1.54) is 16.1 Å². The number of nitrogens with zero attached hydrogens (tertiary/aromatic N) is 2. The van der Waals surface area contributed by atoms with Gasteiger partial charge in [-0.2, -0.15) is 0 Å². The second kappa shape index (κ2) is 4.93. The van der Waals surface area contributed by atoms with Gasteiger partial charge < -0.3 is 9.42 Å². The first-order valence-corrected chi connectivity index (χ1v) is 7.55. The van der Waals surface area contributed by atoms with Gasteiger partial charge in [0.25, 0.3) is 0 Å². The summed E-state index contributed by atoms with van der Waals surface area (Å²) < 4.78 is 5.28. The van der Waals surface area contributed by atoms with Gasteiger partial charge in [0.2, 0.25) is 0 Å². The van der Waals surface area contributed by atoms with E-state index in [0.29, 0.717) is 6.04 Å². The molecule has 3 nitrogen and oxygen atoms in total. The fraction of sp³-hybridized carbons (Fsp3) is 0.400. The average Bonchev–Trinajstić information content (AvgIpc) is 2.73. The second-order valence-electron chi connectivity index (χ2n) is 5.06. The third-order valence-corrected chi connectivity index (χ3v) is 5.00. The van der Waals surface area contributed by atoms with Crippen LogP contribution in [0.5, 0.6) is 0 Å². The smallest absolute Gasteiger partial charge is 0.138 e. The molecule has 100 valence electrons. The minimum absolute atomic E-state index is 0.522. The highest BCUT2D eigenvalue weighted by Crippen LogP contribution is 2.38. The highest BCUT2D eigenvalue weighted by atomic mass is 32.2. The molecule has 0 saturated heterocycles. The number of anilines is 1. The predicted molar refractivity (Wildman–Crippen MR) is 78.8 cm³/mol. The Morgan fingerprint density at radius 2 is 2.16 bits per heavy atom. The Morgan fingerprint density at radius 1 is 1.37 bits per heavy atom.